The van der Waals surface area contributed by atoms with Crippen molar-refractivity contribution in [3.63, 3.8) is 0 Å². The quantitative estimate of drug-likeness (QED) is 0.678. The zero-order valence-corrected chi connectivity index (χ0v) is 11.5. The molecule has 2 aliphatic rings. The number of aliphatic carboxylic acids is 1. The number of hydrogen-bond acceptors (Lipinski definition) is 3. The largest absolute Gasteiger partial charge is 0.480 e. The summed E-state index contributed by atoms with van der Waals surface area (Å²) in [4.78, 5) is 22.9. The van der Waals surface area contributed by atoms with Crippen molar-refractivity contribution >= 4 is 11.9 Å². The van der Waals surface area contributed by atoms with Crippen LogP contribution >= 0.6 is 0 Å². The van der Waals surface area contributed by atoms with E-state index in [0.717, 1.165) is 19.3 Å². The maximum Gasteiger partial charge on any atom is 0.326 e. The third-order valence-corrected chi connectivity index (χ3v) is 4.26. The minimum absolute atomic E-state index is 0.104. The highest BCUT2D eigenvalue weighted by Crippen LogP contribution is 2.32. The minimum Gasteiger partial charge on any atom is -0.480 e. The van der Waals surface area contributed by atoms with Crippen molar-refractivity contribution in [1.82, 2.24) is 10.6 Å². The minimum atomic E-state index is -0.930. The Bertz CT molecular complexity index is 334. The van der Waals surface area contributed by atoms with Crippen LogP contribution in [0.25, 0.3) is 0 Å². The molecule has 0 aromatic heterocycles. The van der Waals surface area contributed by atoms with Gasteiger partial charge in [0, 0.05) is 18.5 Å². The molecule has 2 heterocycles. The number of amides is 1. The zero-order valence-electron chi connectivity index (χ0n) is 11.5. The standard InChI is InChI=1S/C14H24N2O3/c1-2-3-12(14(18)19)16-13(17)8-9-6-10-4-5-11(7-9)15-10/h9-12,15H,2-8H2,1H3,(H,16,17)(H,18,19)/t9?,10?,11?,12-/m1/s1. The number of piperidine rings is 1. The first-order valence-electron chi connectivity index (χ1n) is 7.36. The van der Waals surface area contributed by atoms with Crippen LogP contribution in [-0.4, -0.2) is 35.1 Å². The third-order valence-electron chi connectivity index (χ3n) is 4.26. The van der Waals surface area contributed by atoms with Crippen molar-refractivity contribution in [2.45, 2.75) is 70.0 Å². The summed E-state index contributed by atoms with van der Waals surface area (Å²) in [6, 6.07) is 0.417. The SMILES string of the molecule is CCC[C@@H](NC(=O)CC1CC2CCC(C1)N2)C(=O)O. The highest BCUT2D eigenvalue weighted by Gasteiger charge is 2.34. The van der Waals surface area contributed by atoms with E-state index >= 15 is 0 Å². The molecule has 0 aromatic rings. The van der Waals surface area contributed by atoms with Gasteiger partial charge in [-0.15, -0.1) is 0 Å². The fourth-order valence-corrected chi connectivity index (χ4v) is 3.40. The Kier molecular flexibility index (Phi) is 4.80. The summed E-state index contributed by atoms with van der Waals surface area (Å²) in [7, 11) is 0. The predicted octanol–water partition coefficient (Wildman–Crippen LogP) is 1.28. The molecule has 5 heteroatoms. The molecule has 0 aromatic carbocycles. The first kappa shape index (κ1) is 14.3. The van der Waals surface area contributed by atoms with Gasteiger partial charge in [-0.2, -0.15) is 0 Å². The molecule has 2 saturated heterocycles. The summed E-state index contributed by atoms with van der Waals surface area (Å²) in [5, 5.41) is 15.2. The van der Waals surface area contributed by atoms with E-state index in [1.54, 1.807) is 0 Å². The van der Waals surface area contributed by atoms with Crippen LogP contribution in [0, 0.1) is 5.92 Å². The molecule has 2 bridgehead atoms. The van der Waals surface area contributed by atoms with E-state index in [-0.39, 0.29) is 5.91 Å². The first-order chi connectivity index (χ1) is 9.08. The van der Waals surface area contributed by atoms with Crippen molar-refractivity contribution in [2.24, 2.45) is 5.92 Å². The smallest absolute Gasteiger partial charge is 0.326 e. The van der Waals surface area contributed by atoms with E-state index in [9.17, 15) is 9.59 Å². The Labute approximate surface area is 114 Å². The van der Waals surface area contributed by atoms with Gasteiger partial charge in [-0.3, -0.25) is 4.79 Å². The number of fused-ring (bicyclic) bond motifs is 2. The average Bonchev–Trinajstić information content (AvgIpc) is 2.68. The van der Waals surface area contributed by atoms with Crippen LogP contribution in [0.3, 0.4) is 0 Å². The van der Waals surface area contributed by atoms with Gasteiger partial charge in [0.2, 0.25) is 5.91 Å². The number of nitrogens with one attached hydrogen (secondary N) is 2. The molecule has 2 fully saturated rings. The van der Waals surface area contributed by atoms with Gasteiger partial charge < -0.3 is 15.7 Å². The van der Waals surface area contributed by atoms with Crippen molar-refractivity contribution < 1.29 is 14.7 Å². The van der Waals surface area contributed by atoms with E-state index in [2.05, 4.69) is 10.6 Å². The Morgan fingerprint density at radius 2 is 1.95 bits per heavy atom. The molecular formula is C14H24N2O3. The van der Waals surface area contributed by atoms with Gasteiger partial charge in [-0.25, -0.2) is 4.79 Å². The van der Waals surface area contributed by atoms with Crippen LogP contribution in [0.2, 0.25) is 0 Å². The Hall–Kier alpha value is -1.10. The second kappa shape index (κ2) is 6.37. The number of hydrogen-bond donors (Lipinski definition) is 3. The van der Waals surface area contributed by atoms with Gasteiger partial charge in [0.05, 0.1) is 0 Å². The number of carbonyl (C=O) groups is 2. The third kappa shape index (κ3) is 3.93. The van der Waals surface area contributed by atoms with Crippen LogP contribution in [0.5, 0.6) is 0 Å². The second-order valence-electron chi connectivity index (χ2n) is 5.93. The lowest BCUT2D eigenvalue weighted by Crippen LogP contribution is -2.43. The predicted molar refractivity (Wildman–Crippen MR) is 71.8 cm³/mol. The monoisotopic (exact) mass is 268 g/mol. The fraction of sp³-hybridized carbons (Fsp3) is 0.857. The highest BCUT2D eigenvalue weighted by molar-refractivity contribution is 5.83. The maximum absolute atomic E-state index is 11.9. The molecule has 1 amide bonds. The number of rotatable bonds is 6. The number of carboxylic acid groups (broad SMARTS) is 1. The molecule has 3 atom stereocenters. The molecular weight excluding hydrogens is 244 g/mol. The van der Waals surface area contributed by atoms with E-state index in [1.165, 1.54) is 12.8 Å². The first-order valence-corrected chi connectivity index (χ1v) is 7.36. The lowest BCUT2D eigenvalue weighted by atomic mass is 9.89. The lowest BCUT2D eigenvalue weighted by molar-refractivity contribution is -0.142. The molecule has 2 unspecified atom stereocenters. The molecule has 3 N–H and O–H groups in total. The fourth-order valence-electron chi connectivity index (χ4n) is 3.40. The molecule has 19 heavy (non-hydrogen) atoms. The van der Waals surface area contributed by atoms with Crippen LogP contribution in [-0.2, 0) is 9.59 Å². The average molecular weight is 268 g/mol. The number of carboxylic acids is 1. The van der Waals surface area contributed by atoms with Gasteiger partial charge in [0.25, 0.3) is 0 Å². The topological polar surface area (TPSA) is 78.4 Å². The van der Waals surface area contributed by atoms with E-state index in [4.69, 9.17) is 5.11 Å². The molecule has 5 nitrogen and oxygen atoms in total. The van der Waals surface area contributed by atoms with Crippen LogP contribution in [0.4, 0.5) is 0 Å². The van der Waals surface area contributed by atoms with E-state index in [1.807, 2.05) is 6.92 Å². The lowest BCUT2D eigenvalue weighted by Gasteiger charge is -2.29. The van der Waals surface area contributed by atoms with Crippen molar-refractivity contribution in [3.05, 3.63) is 0 Å². The molecule has 0 saturated carbocycles. The second-order valence-corrected chi connectivity index (χ2v) is 5.93. The summed E-state index contributed by atoms with van der Waals surface area (Å²) in [5.41, 5.74) is 0. The summed E-state index contributed by atoms with van der Waals surface area (Å²) < 4.78 is 0. The normalized spacial score (nSPS) is 30.9. The number of carbonyl (C=O) groups excluding carboxylic acids is 1. The molecule has 0 radical (unpaired) electrons. The zero-order chi connectivity index (χ0) is 13.8. The van der Waals surface area contributed by atoms with Gasteiger partial charge in [-0.05, 0) is 38.0 Å². The van der Waals surface area contributed by atoms with Crippen molar-refractivity contribution in [3.8, 4) is 0 Å². The van der Waals surface area contributed by atoms with Crippen LogP contribution in [0.15, 0.2) is 0 Å². The van der Waals surface area contributed by atoms with Gasteiger partial charge >= 0.3 is 5.97 Å². The maximum atomic E-state index is 11.9. The molecule has 2 rings (SSSR count). The summed E-state index contributed by atoms with van der Waals surface area (Å²) in [5.74, 6) is -0.623. The Morgan fingerprint density at radius 3 is 2.47 bits per heavy atom. The summed E-state index contributed by atoms with van der Waals surface area (Å²) >= 11 is 0. The Morgan fingerprint density at radius 1 is 1.32 bits per heavy atom. The van der Waals surface area contributed by atoms with E-state index in [0.29, 0.717) is 30.8 Å². The molecule has 0 spiro atoms. The molecule has 108 valence electrons. The summed E-state index contributed by atoms with van der Waals surface area (Å²) in [6.07, 6.45) is 6.27. The molecule has 0 aliphatic carbocycles. The van der Waals surface area contributed by atoms with Crippen molar-refractivity contribution in [2.75, 3.05) is 0 Å². The molecule has 2 aliphatic heterocycles. The van der Waals surface area contributed by atoms with E-state index < -0.39 is 12.0 Å². The van der Waals surface area contributed by atoms with Gasteiger partial charge in [0.15, 0.2) is 0 Å². The van der Waals surface area contributed by atoms with Gasteiger partial charge in [-0.1, -0.05) is 13.3 Å². The highest BCUT2D eigenvalue weighted by atomic mass is 16.4. The summed E-state index contributed by atoms with van der Waals surface area (Å²) in [6.45, 7) is 1.92. The van der Waals surface area contributed by atoms with Crippen LogP contribution < -0.4 is 10.6 Å². The van der Waals surface area contributed by atoms with Crippen LogP contribution in [0.1, 0.15) is 51.9 Å². The van der Waals surface area contributed by atoms with Crippen molar-refractivity contribution in [1.29, 1.82) is 0 Å². The Balaban J connectivity index is 1.78. The van der Waals surface area contributed by atoms with Gasteiger partial charge in [0.1, 0.15) is 6.04 Å².